The third-order valence-corrected chi connectivity index (χ3v) is 3.28. The van der Waals surface area contributed by atoms with Crippen LogP contribution in [0.15, 0.2) is 0 Å². The van der Waals surface area contributed by atoms with Gasteiger partial charge in [0.05, 0.1) is 11.8 Å². The van der Waals surface area contributed by atoms with Crippen molar-refractivity contribution in [1.82, 2.24) is 5.32 Å². The first-order valence-corrected chi connectivity index (χ1v) is 7.05. The number of nitrogens with one attached hydrogen (secondary N) is 1. The van der Waals surface area contributed by atoms with Crippen molar-refractivity contribution in [2.24, 2.45) is 11.7 Å². The average molecular weight is 236 g/mol. The third kappa shape index (κ3) is 6.46. The standard InChI is InChI=1S/C9H20N2O3S/c1-4-7(2)8(10)9(12)11-5-6-15(3,13)14/h7-8H,4-6,10H2,1-3H3,(H,11,12)/t7?,8-/m0/s1. The normalized spacial score (nSPS) is 15.7. The molecule has 6 heteroatoms. The number of carbonyl (C=O) groups is 1. The lowest BCUT2D eigenvalue weighted by molar-refractivity contribution is -0.123. The van der Waals surface area contributed by atoms with E-state index >= 15 is 0 Å². The van der Waals surface area contributed by atoms with Gasteiger partial charge in [0.1, 0.15) is 9.84 Å². The summed E-state index contributed by atoms with van der Waals surface area (Å²) >= 11 is 0. The molecule has 0 aromatic carbocycles. The Kier molecular flexibility index (Phi) is 5.82. The molecule has 5 nitrogen and oxygen atoms in total. The Hall–Kier alpha value is -0.620. The Balaban J connectivity index is 3.94. The summed E-state index contributed by atoms with van der Waals surface area (Å²) in [6, 6.07) is -0.561. The van der Waals surface area contributed by atoms with Crippen molar-refractivity contribution in [3.8, 4) is 0 Å². The van der Waals surface area contributed by atoms with Gasteiger partial charge in [-0.25, -0.2) is 8.42 Å². The smallest absolute Gasteiger partial charge is 0.237 e. The SMILES string of the molecule is CCC(C)[C@H](N)C(=O)NCCS(C)(=O)=O. The number of rotatable bonds is 6. The second-order valence-corrected chi connectivity index (χ2v) is 6.09. The van der Waals surface area contributed by atoms with Gasteiger partial charge in [-0.3, -0.25) is 4.79 Å². The maximum Gasteiger partial charge on any atom is 0.237 e. The van der Waals surface area contributed by atoms with E-state index in [1.165, 1.54) is 0 Å². The Morgan fingerprint density at radius 1 is 1.47 bits per heavy atom. The van der Waals surface area contributed by atoms with Crippen molar-refractivity contribution in [2.45, 2.75) is 26.3 Å². The van der Waals surface area contributed by atoms with Crippen LogP contribution in [0.2, 0.25) is 0 Å². The highest BCUT2D eigenvalue weighted by Crippen LogP contribution is 2.04. The minimum absolute atomic E-state index is 0.0496. The fraction of sp³-hybridized carbons (Fsp3) is 0.889. The van der Waals surface area contributed by atoms with E-state index < -0.39 is 15.9 Å². The fourth-order valence-corrected chi connectivity index (χ4v) is 1.46. The molecule has 0 saturated heterocycles. The summed E-state index contributed by atoms with van der Waals surface area (Å²) in [6.45, 7) is 3.97. The molecule has 0 aliphatic carbocycles. The maximum atomic E-state index is 11.4. The molecule has 1 unspecified atom stereocenters. The summed E-state index contributed by atoms with van der Waals surface area (Å²) in [7, 11) is -3.03. The van der Waals surface area contributed by atoms with Crippen molar-refractivity contribution < 1.29 is 13.2 Å². The highest BCUT2D eigenvalue weighted by Gasteiger charge is 2.18. The second kappa shape index (κ2) is 6.07. The summed E-state index contributed by atoms with van der Waals surface area (Å²) in [4.78, 5) is 11.4. The molecule has 0 rings (SSSR count). The quantitative estimate of drug-likeness (QED) is 0.652. The molecule has 0 spiro atoms. The van der Waals surface area contributed by atoms with E-state index in [2.05, 4.69) is 5.32 Å². The topological polar surface area (TPSA) is 89.3 Å². The molecule has 0 bridgehead atoms. The van der Waals surface area contributed by atoms with Crippen molar-refractivity contribution >= 4 is 15.7 Å². The molecule has 1 amide bonds. The van der Waals surface area contributed by atoms with Crippen LogP contribution >= 0.6 is 0 Å². The monoisotopic (exact) mass is 236 g/mol. The van der Waals surface area contributed by atoms with Gasteiger partial charge in [-0.2, -0.15) is 0 Å². The molecule has 0 heterocycles. The van der Waals surface area contributed by atoms with Gasteiger partial charge in [0.2, 0.25) is 5.91 Å². The van der Waals surface area contributed by atoms with Crippen LogP contribution < -0.4 is 11.1 Å². The van der Waals surface area contributed by atoms with E-state index in [9.17, 15) is 13.2 Å². The van der Waals surface area contributed by atoms with Gasteiger partial charge in [-0.1, -0.05) is 20.3 Å². The zero-order valence-corrected chi connectivity index (χ0v) is 10.3. The minimum atomic E-state index is -3.03. The molecule has 0 saturated carbocycles. The zero-order valence-electron chi connectivity index (χ0n) is 9.49. The van der Waals surface area contributed by atoms with Crippen LogP contribution in [-0.4, -0.2) is 38.9 Å². The van der Waals surface area contributed by atoms with Crippen molar-refractivity contribution in [2.75, 3.05) is 18.6 Å². The highest BCUT2D eigenvalue weighted by atomic mass is 32.2. The minimum Gasteiger partial charge on any atom is -0.354 e. The Labute approximate surface area is 91.3 Å². The molecule has 0 aliphatic heterocycles. The van der Waals surface area contributed by atoms with Gasteiger partial charge < -0.3 is 11.1 Å². The molecule has 0 fully saturated rings. The number of amides is 1. The largest absolute Gasteiger partial charge is 0.354 e. The van der Waals surface area contributed by atoms with Crippen LogP contribution in [0.3, 0.4) is 0 Å². The van der Waals surface area contributed by atoms with Crippen LogP contribution in [-0.2, 0) is 14.6 Å². The van der Waals surface area contributed by atoms with Gasteiger partial charge in [0.15, 0.2) is 0 Å². The van der Waals surface area contributed by atoms with Gasteiger partial charge in [-0.15, -0.1) is 0 Å². The molecule has 0 aromatic rings. The predicted octanol–water partition coefficient (Wildman–Crippen LogP) is -0.479. The van der Waals surface area contributed by atoms with Gasteiger partial charge in [0, 0.05) is 12.8 Å². The Morgan fingerprint density at radius 3 is 2.40 bits per heavy atom. The van der Waals surface area contributed by atoms with Crippen LogP contribution in [0.4, 0.5) is 0 Å². The number of sulfone groups is 1. The van der Waals surface area contributed by atoms with Gasteiger partial charge >= 0.3 is 0 Å². The second-order valence-electron chi connectivity index (χ2n) is 3.83. The van der Waals surface area contributed by atoms with Crippen LogP contribution in [0.5, 0.6) is 0 Å². The summed E-state index contributed by atoms with van der Waals surface area (Å²) < 4.78 is 21.6. The lowest BCUT2D eigenvalue weighted by Gasteiger charge is -2.17. The van der Waals surface area contributed by atoms with Crippen LogP contribution in [0.1, 0.15) is 20.3 Å². The fourth-order valence-electron chi connectivity index (χ4n) is 0.990. The first-order chi connectivity index (χ1) is 6.78. The average Bonchev–Trinajstić information content (AvgIpc) is 2.13. The molecule has 0 aliphatic rings. The van der Waals surface area contributed by atoms with Crippen molar-refractivity contribution in [3.63, 3.8) is 0 Å². The molecular formula is C9H20N2O3S. The molecular weight excluding hydrogens is 216 g/mol. The number of carbonyl (C=O) groups excluding carboxylic acids is 1. The zero-order chi connectivity index (χ0) is 12.1. The number of nitrogens with two attached hydrogens (primary N) is 1. The Bertz CT molecular complexity index is 300. The van der Waals surface area contributed by atoms with Gasteiger partial charge in [0.25, 0.3) is 0 Å². The molecule has 15 heavy (non-hydrogen) atoms. The van der Waals surface area contributed by atoms with E-state index in [4.69, 9.17) is 5.73 Å². The first-order valence-electron chi connectivity index (χ1n) is 4.99. The van der Waals surface area contributed by atoms with Crippen molar-refractivity contribution in [1.29, 1.82) is 0 Å². The van der Waals surface area contributed by atoms with E-state index in [1.54, 1.807) is 0 Å². The molecule has 2 atom stereocenters. The molecule has 90 valence electrons. The maximum absolute atomic E-state index is 11.4. The number of hydrogen-bond donors (Lipinski definition) is 2. The predicted molar refractivity (Wildman–Crippen MR) is 60.2 cm³/mol. The summed E-state index contributed by atoms with van der Waals surface area (Å²) in [5.74, 6) is -0.234. The van der Waals surface area contributed by atoms with Crippen LogP contribution in [0.25, 0.3) is 0 Å². The summed E-state index contributed by atoms with van der Waals surface area (Å²) in [5, 5.41) is 2.51. The van der Waals surface area contributed by atoms with E-state index in [-0.39, 0.29) is 24.1 Å². The molecule has 0 radical (unpaired) electrons. The lowest BCUT2D eigenvalue weighted by Crippen LogP contribution is -2.45. The molecule has 3 N–H and O–H groups in total. The Morgan fingerprint density at radius 2 is 2.00 bits per heavy atom. The summed E-state index contributed by atoms with van der Waals surface area (Å²) in [5.41, 5.74) is 5.66. The molecule has 0 aromatic heterocycles. The van der Waals surface area contributed by atoms with Crippen molar-refractivity contribution in [3.05, 3.63) is 0 Å². The highest BCUT2D eigenvalue weighted by molar-refractivity contribution is 7.90. The van der Waals surface area contributed by atoms with E-state index in [0.29, 0.717) is 0 Å². The van der Waals surface area contributed by atoms with Crippen LogP contribution in [0, 0.1) is 5.92 Å². The van der Waals surface area contributed by atoms with E-state index in [0.717, 1.165) is 12.7 Å². The number of hydrogen-bond acceptors (Lipinski definition) is 4. The first kappa shape index (κ1) is 14.4. The van der Waals surface area contributed by atoms with E-state index in [1.807, 2.05) is 13.8 Å². The lowest BCUT2D eigenvalue weighted by atomic mass is 9.99. The van der Waals surface area contributed by atoms with Gasteiger partial charge in [-0.05, 0) is 5.92 Å². The summed E-state index contributed by atoms with van der Waals surface area (Å²) in [6.07, 6.45) is 1.95. The third-order valence-electron chi connectivity index (χ3n) is 2.33.